The molecule has 0 spiro atoms. The predicted octanol–water partition coefficient (Wildman–Crippen LogP) is 3.03. The Kier molecular flexibility index (Phi) is 4.98. The highest BCUT2D eigenvalue weighted by Gasteiger charge is 2.16. The van der Waals surface area contributed by atoms with Crippen LogP contribution in [0.4, 0.5) is 0 Å². The zero-order chi connectivity index (χ0) is 15.4. The van der Waals surface area contributed by atoms with Crippen molar-refractivity contribution in [2.24, 2.45) is 5.73 Å². The van der Waals surface area contributed by atoms with Gasteiger partial charge in [0.15, 0.2) is 0 Å². The zero-order valence-corrected chi connectivity index (χ0v) is 12.6. The number of rotatable bonds is 6. The summed E-state index contributed by atoms with van der Waals surface area (Å²) in [6.45, 7) is 2.37. The van der Waals surface area contributed by atoms with Gasteiger partial charge < -0.3 is 10.8 Å². The van der Waals surface area contributed by atoms with Crippen LogP contribution >= 0.6 is 11.6 Å². The summed E-state index contributed by atoms with van der Waals surface area (Å²) >= 11 is 5.96. The Hall–Kier alpha value is -1.85. The van der Waals surface area contributed by atoms with Gasteiger partial charge in [-0.25, -0.2) is 9.48 Å². The monoisotopic (exact) mass is 307 g/mol. The van der Waals surface area contributed by atoms with Crippen molar-refractivity contribution in [2.75, 3.05) is 0 Å². The Morgan fingerprint density at radius 2 is 2.24 bits per heavy atom. The average Bonchev–Trinajstić information content (AvgIpc) is 2.89. The normalized spacial score (nSPS) is 10.8. The van der Waals surface area contributed by atoms with Crippen molar-refractivity contribution in [1.29, 1.82) is 0 Å². The fourth-order valence-electron chi connectivity index (χ4n) is 2.18. The van der Waals surface area contributed by atoms with Crippen molar-refractivity contribution in [2.45, 2.75) is 32.7 Å². The number of aromatic nitrogens is 2. The first kappa shape index (κ1) is 15.5. The molecule has 0 bridgehead atoms. The third kappa shape index (κ3) is 3.43. The van der Waals surface area contributed by atoms with Crippen LogP contribution in [0.3, 0.4) is 0 Å². The Labute approximate surface area is 128 Å². The first-order valence-corrected chi connectivity index (χ1v) is 7.25. The van der Waals surface area contributed by atoms with Gasteiger partial charge in [-0.3, -0.25) is 0 Å². The first-order chi connectivity index (χ1) is 10.1. The maximum atomic E-state index is 11.3. The fraction of sp³-hybridized carbons (Fsp3) is 0.333. The molecule has 5 nitrogen and oxygen atoms in total. The standard InChI is InChI=1S/C15H18ClN3O2/c1-2-3-4-13-12(15(20)21)9-19(18-13)14-6-5-11(16)7-10(14)8-17/h5-7,9H,2-4,8,17H2,1H3,(H,20,21). The summed E-state index contributed by atoms with van der Waals surface area (Å²) in [4.78, 5) is 11.3. The average molecular weight is 308 g/mol. The summed E-state index contributed by atoms with van der Waals surface area (Å²) in [5, 5.41) is 14.3. The number of hydrogen-bond donors (Lipinski definition) is 2. The van der Waals surface area contributed by atoms with E-state index < -0.39 is 5.97 Å². The lowest BCUT2D eigenvalue weighted by atomic mass is 10.1. The number of halogens is 1. The number of carboxylic acid groups (broad SMARTS) is 1. The molecule has 0 radical (unpaired) electrons. The molecule has 0 aliphatic heterocycles. The Morgan fingerprint density at radius 3 is 2.86 bits per heavy atom. The van der Waals surface area contributed by atoms with E-state index in [0.29, 0.717) is 23.7 Å². The predicted molar refractivity (Wildman–Crippen MR) is 82.0 cm³/mol. The molecule has 6 heteroatoms. The van der Waals surface area contributed by atoms with Crippen LogP contribution in [0.25, 0.3) is 5.69 Å². The lowest BCUT2D eigenvalue weighted by Crippen LogP contribution is -2.05. The van der Waals surface area contributed by atoms with Gasteiger partial charge in [-0.1, -0.05) is 24.9 Å². The molecular formula is C15H18ClN3O2. The Balaban J connectivity index is 2.47. The second-order valence-corrected chi connectivity index (χ2v) is 5.26. The quantitative estimate of drug-likeness (QED) is 0.859. The van der Waals surface area contributed by atoms with E-state index in [-0.39, 0.29) is 5.56 Å². The molecule has 0 unspecified atom stereocenters. The summed E-state index contributed by atoms with van der Waals surface area (Å²) in [7, 11) is 0. The smallest absolute Gasteiger partial charge is 0.339 e. The van der Waals surface area contributed by atoms with Crippen LogP contribution in [-0.2, 0) is 13.0 Å². The van der Waals surface area contributed by atoms with Gasteiger partial charge in [0.1, 0.15) is 5.56 Å². The minimum absolute atomic E-state index is 0.237. The summed E-state index contributed by atoms with van der Waals surface area (Å²) in [5.41, 5.74) is 8.14. The van der Waals surface area contributed by atoms with Crippen molar-refractivity contribution < 1.29 is 9.90 Å². The van der Waals surface area contributed by atoms with Crippen molar-refractivity contribution in [3.05, 3.63) is 46.2 Å². The highest BCUT2D eigenvalue weighted by Crippen LogP contribution is 2.21. The van der Waals surface area contributed by atoms with Crippen molar-refractivity contribution in [3.63, 3.8) is 0 Å². The molecule has 1 aromatic carbocycles. The van der Waals surface area contributed by atoms with Crippen LogP contribution in [0.2, 0.25) is 5.02 Å². The lowest BCUT2D eigenvalue weighted by Gasteiger charge is -2.08. The van der Waals surface area contributed by atoms with Gasteiger partial charge >= 0.3 is 5.97 Å². The van der Waals surface area contributed by atoms with Crippen LogP contribution < -0.4 is 5.73 Å². The maximum Gasteiger partial charge on any atom is 0.339 e. The van der Waals surface area contributed by atoms with Gasteiger partial charge in [-0.15, -0.1) is 0 Å². The van der Waals surface area contributed by atoms with E-state index in [0.717, 1.165) is 24.1 Å². The van der Waals surface area contributed by atoms with Gasteiger partial charge in [0.05, 0.1) is 11.4 Å². The highest BCUT2D eigenvalue weighted by atomic mass is 35.5. The van der Waals surface area contributed by atoms with E-state index in [1.807, 2.05) is 0 Å². The van der Waals surface area contributed by atoms with Crippen LogP contribution in [0.15, 0.2) is 24.4 Å². The molecule has 0 aliphatic carbocycles. The van der Waals surface area contributed by atoms with Crippen LogP contribution in [0.1, 0.15) is 41.4 Å². The number of nitrogens with two attached hydrogens (primary N) is 1. The summed E-state index contributed by atoms with van der Waals surface area (Å²) < 4.78 is 1.58. The van der Waals surface area contributed by atoms with E-state index in [9.17, 15) is 9.90 Å². The van der Waals surface area contributed by atoms with Gasteiger partial charge in [-0.05, 0) is 36.6 Å². The number of nitrogens with zero attached hydrogens (tertiary/aromatic N) is 2. The molecule has 1 aromatic heterocycles. The summed E-state index contributed by atoms with van der Waals surface area (Å²) in [5.74, 6) is -0.962. The molecule has 21 heavy (non-hydrogen) atoms. The molecule has 0 amide bonds. The number of unbranched alkanes of at least 4 members (excludes halogenated alkanes) is 1. The second kappa shape index (κ2) is 6.74. The Bertz CT molecular complexity index is 652. The van der Waals surface area contributed by atoms with E-state index in [1.54, 1.807) is 22.9 Å². The molecular weight excluding hydrogens is 290 g/mol. The number of hydrogen-bond acceptors (Lipinski definition) is 3. The summed E-state index contributed by atoms with van der Waals surface area (Å²) in [6, 6.07) is 5.31. The van der Waals surface area contributed by atoms with E-state index >= 15 is 0 Å². The van der Waals surface area contributed by atoms with Gasteiger partial charge in [0, 0.05) is 17.8 Å². The van der Waals surface area contributed by atoms with Gasteiger partial charge in [0.25, 0.3) is 0 Å². The number of carboxylic acids is 1. The lowest BCUT2D eigenvalue weighted by molar-refractivity contribution is 0.0695. The maximum absolute atomic E-state index is 11.3. The minimum atomic E-state index is -0.962. The molecule has 2 aromatic rings. The van der Waals surface area contributed by atoms with Crippen LogP contribution in [-0.4, -0.2) is 20.9 Å². The molecule has 0 saturated heterocycles. The second-order valence-electron chi connectivity index (χ2n) is 4.82. The Morgan fingerprint density at radius 1 is 1.48 bits per heavy atom. The van der Waals surface area contributed by atoms with Crippen LogP contribution in [0.5, 0.6) is 0 Å². The molecule has 2 rings (SSSR count). The molecule has 0 atom stereocenters. The topological polar surface area (TPSA) is 81.1 Å². The fourth-order valence-corrected chi connectivity index (χ4v) is 2.38. The van der Waals surface area contributed by atoms with Crippen molar-refractivity contribution in [3.8, 4) is 5.69 Å². The van der Waals surface area contributed by atoms with Crippen molar-refractivity contribution in [1.82, 2.24) is 9.78 Å². The van der Waals surface area contributed by atoms with E-state index in [4.69, 9.17) is 17.3 Å². The van der Waals surface area contributed by atoms with Gasteiger partial charge in [-0.2, -0.15) is 5.10 Å². The SMILES string of the molecule is CCCCc1nn(-c2ccc(Cl)cc2CN)cc1C(=O)O. The summed E-state index contributed by atoms with van der Waals surface area (Å²) in [6.07, 6.45) is 4.08. The third-order valence-corrected chi connectivity index (χ3v) is 3.53. The largest absolute Gasteiger partial charge is 0.478 e. The molecule has 0 fully saturated rings. The van der Waals surface area contributed by atoms with E-state index in [1.165, 1.54) is 6.20 Å². The number of aromatic carboxylic acids is 1. The molecule has 0 saturated carbocycles. The van der Waals surface area contributed by atoms with Crippen LogP contribution in [0, 0.1) is 0 Å². The van der Waals surface area contributed by atoms with Crippen molar-refractivity contribution >= 4 is 17.6 Å². The van der Waals surface area contributed by atoms with Gasteiger partial charge in [0.2, 0.25) is 0 Å². The first-order valence-electron chi connectivity index (χ1n) is 6.87. The number of carbonyl (C=O) groups is 1. The van der Waals surface area contributed by atoms with E-state index in [2.05, 4.69) is 12.0 Å². The zero-order valence-electron chi connectivity index (χ0n) is 11.8. The minimum Gasteiger partial charge on any atom is -0.478 e. The number of aryl methyl sites for hydroxylation is 1. The molecule has 3 N–H and O–H groups in total. The number of benzene rings is 1. The third-order valence-electron chi connectivity index (χ3n) is 3.30. The molecule has 112 valence electrons. The highest BCUT2D eigenvalue weighted by molar-refractivity contribution is 6.30. The molecule has 1 heterocycles. The molecule has 0 aliphatic rings.